The zero-order valence-electron chi connectivity index (χ0n) is 22.1. The number of carbonyl (C=O) groups excluding carboxylic acids is 1. The molecule has 0 unspecified atom stereocenters. The molecule has 0 spiro atoms. The van der Waals surface area contributed by atoms with Gasteiger partial charge in [0.2, 0.25) is 0 Å². The lowest BCUT2D eigenvalue weighted by molar-refractivity contribution is -0.141. The molecule has 0 saturated heterocycles. The van der Waals surface area contributed by atoms with Crippen LogP contribution in [0.15, 0.2) is 72.8 Å². The number of nitrogens with two attached hydrogens (primary N) is 1. The number of esters is 1. The summed E-state index contributed by atoms with van der Waals surface area (Å²) in [4.78, 5) is 41.6. The molecule has 12 heteroatoms. The Balaban J connectivity index is 0.000000531. The number of aliphatic carboxylic acids is 1. The SMILES string of the molecule is CC(C)(N)C(=O)O.CCCOC(=O)c1cc(O)c(O)c(O)c1.O=C(O)c1ccccc1.O=C(O)c1ccccc1. The van der Waals surface area contributed by atoms with Crippen molar-refractivity contribution in [2.45, 2.75) is 32.7 Å². The Bertz CT molecular complexity index is 1170. The maximum Gasteiger partial charge on any atom is 0.338 e. The van der Waals surface area contributed by atoms with Gasteiger partial charge in [-0.05, 0) is 56.7 Å². The predicted molar refractivity (Wildman–Crippen MR) is 145 cm³/mol. The molecule has 0 heterocycles. The highest BCUT2D eigenvalue weighted by molar-refractivity contribution is 5.91. The molecule has 0 aliphatic heterocycles. The number of carbonyl (C=O) groups is 4. The van der Waals surface area contributed by atoms with Crippen molar-refractivity contribution in [1.29, 1.82) is 0 Å². The second kappa shape index (κ2) is 17.4. The monoisotopic (exact) mass is 559 g/mol. The predicted octanol–water partition coefficient (Wildman–Crippen LogP) is 3.95. The average molecular weight is 560 g/mol. The van der Waals surface area contributed by atoms with Gasteiger partial charge < -0.3 is 41.1 Å². The van der Waals surface area contributed by atoms with Crippen molar-refractivity contribution in [2.24, 2.45) is 5.73 Å². The van der Waals surface area contributed by atoms with Gasteiger partial charge >= 0.3 is 23.9 Å². The zero-order valence-corrected chi connectivity index (χ0v) is 22.1. The number of aromatic hydroxyl groups is 3. The van der Waals surface area contributed by atoms with E-state index in [1.807, 2.05) is 6.92 Å². The first-order chi connectivity index (χ1) is 18.6. The third-order valence-electron chi connectivity index (χ3n) is 4.34. The van der Waals surface area contributed by atoms with Gasteiger partial charge in [0.15, 0.2) is 17.2 Å². The van der Waals surface area contributed by atoms with Gasteiger partial charge in [-0.25, -0.2) is 14.4 Å². The summed E-state index contributed by atoms with van der Waals surface area (Å²) in [6.45, 7) is 4.99. The number of aromatic carboxylic acids is 2. The molecule has 3 aromatic rings. The maximum absolute atomic E-state index is 11.3. The summed E-state index contributed by atoms with van der Waals surface area (Å²) in [6, 6.07) is 18.7. The molecule has 0 aromatic heterocycles. The van der Waals surface area contributed by atoms with E-state index < -0.39 is 46.7 Å². The molecule has 0 bridgehead atoms. The fourth-order valence-electron chi connectivity index (χ4n) is 2.16. The van der Waals surface area contributed by atoms with E-state index in [9.17, 15) is 19.2 Å². The fourth-order valence-corrected chi connectivity index (χ4v) is 2.16. The van der Waals surface area contributed by atoms with Crippen molar-refractivity contribution >= 4 is 23.9 Å². The minimum absolute atomic E-state index is 0.00347. The first-order valence-electron chi connectivity index (χ1n) is 11.6. The molecular formula is C28H33NO11. The number of carboxylic acid groups (broad SMARTS) is 3. The van der Waals surface area contributed by atoms with Crippen molar-refractivity contribution in [2.75, 3.05) is 6.61 Å². The lowest BCUT2D eigenvalue weighted by Gasteiger charge is -2.09. The summed E-state index contributed by atoms with van der Waals surface area (Å²) in [7, 11) is 0. The van der Waals surface area contributed by atoms with Gasteiger partial charge in [0.25, 0.3) is 0 Å². The number of hydrogen-bond donors (Lipinski definition) is 7. The summed E-state index contributed by atoms with van der Waals surface area (Å²) < 4.78 is 4.78. The Morgan fingerprint density at radius 3 is 1.32 bits per heavy atom. The minimum Gasteiger partial charge on any atom is -0.504 e. The van der Waals surface area contributed by atoms with Crippen molar-refractivity contribution in [3.05, 3.63) is 89.5 Å². The topological polar surface area (TPSA) is 225 Å². The first kappa shape index (κ1) is 34.9. The number of rotatable bonds is 6. The Hall–Kier alpha value is -5.10. The summed E-state index contributed by atoms with van der Waals surface area (Å²) in [5.74, 6) is -5.15. The van der Waals surface area contributed by atoms with Crippen LogP contribution in [0, 0.1) is 0 Å². The van der Waals surface area contributed by atoms with E-state index in [2.05, 4.69) is 0 Å². The van der Waals surface area contributed by atoms with Crippen LogP contribution in [0.3, 0.4) is 0 Å². The van der Waals surface area contributed by atoms with Crippen LogP contribution in [0.2, 0.25) is 0 Å². The highest BCUT2D eigenvalue weighted by atomic mass is 16.5. The summed E-state index contributed by atoms with van der Waals surface area (Å²) >= 11 is 0. The second-order valence-corrected chi connectivity index (χ2v) is 8.37. The summed E-state index contributed by atoms with van der Waals surface area (Å²) in [6.07, 6.45) is 0.682. The van der Waals surface area contributed by atoms with Crippen LogP contribution in [0.25, 0.3) is 0 Å². The molecule has 0 aliphatic rings. The van der Waals surface area contributed by atoms with E-state index in [1.165, 1.54) is 13.8 Å². The first-order valence-corrected chi connectivity index (χ1v) is 11.6. The Morgan fingerprint density at radius 2 is 1.07 bits per heavy atom. The van der Waals surface area contributed by atoms with E-state index in [4.69, 9.17) is 41.1 Å². The van der Waals surface area contributed by atoms with Gasteiger partial charge in [-0.2, -0.15) is 0 Å². The maximum atomic E-state index is 11.3. The fraction of sp³-hybridized carbons (Fsp3) is 0.214. The van der Waals surface area contributed by atoms with Crippen LogP contribution in [0.4, 0.5) is 0 Å². The van der Waals surface area contributed by atoms with E-state index in [1.54, 1.807) is 60.7 Å². The standard InChI is InChI=1S/C10H12O5.2C7H6O2.C4H9NO2/c1-2-3-15-10(14)6-4-7(11)9(13)8(12)5-6;2*8-7(9)6-4-2-1-3-5-6;1-4(2,5)3(6)7/h4-5,11-13H,2-3H2,1H3;2*1-5H,(H,8,9);5H2,1-2H3,(H,6,7). The van der Waals surface area contributed by atoms with Crippen molar-refractivity contribution in [1.82, 2.24) is 0 Å². The molecule has 8 N–H and O–H groups in total. The number of phenols is 3. The summed E-state index contributed by atoms with van der Waals surface area (Å²) in [5.41, 5.74) is 4.65. The van der Waals surface area contributed by atoms with Crippen molar-refractivity contribution in [3.63, 3.8) is 0 Å². The molecule has 3 rings (SSSR count). The van der Waals surface area contributed by atoms with Gasteiger partial charge in [0.1, 0.15) is 5.54 Å². The second-order valence-electron chi connectivity index (χ2n) is 8.37. The van der Waals surface area contributed by atoms with Gasteiger partial charge in [0, 0.05) is 0 Å². The van der Waals surface area contributed by atoms with Crippen molar-refractivity contribution < 1.29 is 54.6 Å². The number of ether oxygens (including phenoxy) is 1. The third-order valence-corrected chi connectivity index (χ3v) is 4.34. The Labute approximate surface area is 230 Å². The molecule has 0 saturated carbocycles. The van der Waals surface area contributed by atoms with Gasteiger partial charge in [-0.1, -0.05) is 43.3 Å². The third kappa shape index (κ3) is 14.0. The summed E-state index contributed by atoms with van der Waals surface area (Å²) in [5, 5.41) is 52.2. The van der Waals surface area contributed by atoms with Gasteiger partial charge in [-0.3, -0.25) is 4.79 Å². The molecular weight excluding hydrogens is 526 g/mol. The Kier molecular flexibility index (Phi) is 15.2. The quantitative estimate of drug-likeness (QED) is 0.168. The van der Waals surface area contributed by atoms with Crippen LogP contribution in [0.5, 0.6) is 17.2 Å². The van der Waals surface area contributed by atoms with E-state index >= 15 is 0 Å². The van der Waals surface area contributed by atoms with Crippen LogP contribution in [-0.2, 0) is 9.53 Å². The molecule has 40 heavy (non-hydrogen) atoms. The van der Waals surface area contributed by atoms with Gasteiger partial charge in [-0.15, -0.1) is 0 Å². The molecule has 3 aromatic carbocycles. The molecule has 0 atom stereocenters. The van der Waals surface area contributed by atoms with Crippen LogP contribution < -0.4 is 5.73 Å². The van der Waals surface area contributed by atoms with Crippen molar-refractivity contribution in [3.8, 4) is 17.2 Å². The Morgan fingerprint density at radius 1 is 0.725 bits per heavy atom. The van der Waals surface area contributed by atoms with E-state index in [-0.39, 0.29) is 12.2 Å². The average Bonchev–Trinajstić information content (AvgIpc) is 2.91. The lowest BCUT2D eigenvalue weighted by atomic mass is 10.1. The zero-order chi connectivity index (χ0) is 30.9. The molecule has 0 aliphatic carbocycles. The minimum atomic E-state index is -1.08. The van der Waals surface area contributed by atoms with Crippen LogP contribution in [0.1, 0.15) is 58.3 Å². The molecule has 12 nitrogen and oxygen atoms in total. The number of phenolic OH excluding ortho intramolecular Hbond substituents is 3. The smallest absolute Gasteiger partial charge is 0.338 e. The highest BCUT2D eigenvalue weighted by Crippen LogP contribution is 2.35. The van der Waals surface area contributed by atoms with Crippen LogP contribution in [-0.4, -0.2) is 66.7 Å². The van der Waals surface area contributed by atoms with Gasteiger partial charge in [0.05, 0.1) is 23.3 Å². The number of benzene rings is 3. The number of carboxylic acids is 3. The molecule has 0 amide bonds. The number of hydrogen-bond acceptors (Lipinski definition) is 9. The highest BCUT2D eigenvalue weighted by Gasteiger charge is 2.19. The lowest BCUT2D eigenvalue weighted by Crippen LogP contribution is -2.41. The van der Waals surface area contributed by atoms with Crippen LogP contribution >= 0.6 is 0 Å². The largest absolute Gasteiger partial charge is 0.504 e. The van der Waals surface area contributed by atoms with E-state index in [0.717, 1.165) is 12.1 Å². The van der Waals surface area contributed by atoms with E-state index in [0.29, 0.717) is 17.5 Å². The normalized spacial score (nSPS) is 9.70. The molecule has 0 radical (unpaired) electrons. The molecule has 216 valence electrons. The molecule has 0 fully saturated rings.